The molecule has 0 radical (unpaired) electrons. The van der Waals surface area contributed by atoms with Gasteiger partial charge in [0.1, 0.15) is 0 Å². The smallest absolute Gasteiger partial charge is 0.196 e. The molecule has 0 aliphatic carbocycles. The van der Waals surface area contributed by atoms with Crippen molar-refractivity contribution in [3.8, 4) is 17.1 Å². The van der Waals surface area contributed by atoms with Gasteiger partial charge < -0.3 is 9.30 Å². The number of benzene rings is 2. The van der Waals surface area contributed by atoms with E-state index in [4.69, 9.17) is 4.74 Å². The maximum atomic E-state index is 13.2. The van der Waals surface area contributed by atoms with Crippen molar-refractivity contribution >= 4 is 17.5 Å². The number of ketones is 1. The summed E-state index contributed by atoms with van der Waals surface area (Å²) in [5, 5.41) is 9.58. The summed E-state index contributed by atoms with van der Waals surface area (Å²) >= 11 is 1.41. The van der Waals surface area contributed by atoms with Gasteiger partial charge >= 0.3 is 0 Å². The molecule has 0 N–H and O–H groups in total. The van der Waals surface area contributed by atoms with Crippen LogP contribution in [0.25, 0.3) is 17.1 Å². The van der Waals surface area contributed by atoms with Gasteiger partial charge in [-0.15, -0.1) is 10.2 Å². The summed E-state index contributed by atoms with van der Waals surface area (Å²) in [7, 11) is 1.69. The molecule has 0 saturated heterocycles. The van der Waals surface area contributed by atoms with Crippen molar-refractivity contribution in [2.45, 2.75) is 32.0 Å². The van der Waals surface area contributed by atoms with Crippen LogP contribution in [0.1, 0.15) is 34.7 Å². The Hall–Kier alpha value is -3.16. The first-order valence-electron chi connectivity index (χ1n) is 10.9. The van der Waals surface area contributed by atoms with Crippen molar-refractivity contribution in [1.29, 1.82) is 0 Å². The van der Waals surface area contributed by atoms with E-state index in [-0.39, 0.29) is 17.6 Å². The van der Waals surface area contributed by atoms with Gasteiger partial charge in [-0.05, 0) is 39.0 Å². The van der Waals surface area contributed by atoms with E-state index in [1.54, 1.807) is 7.11 Å². The maximum absolute atomic E-state index is 13.2. The van der Waals surface area contributed by atoms with Crippen molar-refractivity contribution in [3.05, 3.63) is 83.7 Å². The van der Waals surface area contributed by atoms with Gasteiger partial charge in [0.15, 0.2) is 16.8 Å². The molecule has 0 bridgehead atoms. The molecule has 1 atom stereocenters. The molecule has 33 heavy (non-hydrogen) atoms. The van der Waals surface area contributed by atoms with Gasteiger partial charge in [-0.25, -0.2) is 0 Å². The summed E-state index contributed by atoms with van der Waals surface area (Å²) in [5.74, 6) is 1.11. The number of aryl methyl sites for hydroxylation is 1. The van der Waals surface area contributed by atoms with E-state index in [0.717, 1.165) is 34.0 Å². The second kappa shape index (κ2) is 10.2. The van der Waals surface area contributed by atoms with Crippen molar-refractivity contribution in [2.75, 3.05) is 19.5 Å². The molecule has 2 heterocycles. The van der Waals surface area contributed by atoms with Gasteiger partial charge in [0.25, 0.3) is 0 Å². The third-order valence-electron chi connectivity index (χ3n) is 5.65. The monoisotopic (exact) mass is 460 g/mol. The first-order valence-corrected chi connectivity index (χ1v) is 11.9. The highest BCUT2D eigenvalue weighted by Gasteiger charge is 2.21. The number of carbonyl (C=O) groups is 1. The van der Waals surface area contributed by atoms with Gasteiger partial charge in [-0.1, -0.05) is 60.3 Å². The Morgan fingerprint density at radius 1 is 1.03 bits per heavy atom. The molecule has 0 fully saturated rings. The minimum absolute atomic E-state index is 0.0767. The number of aromatic nitrogens is 4. The topological polar surface area (TPSA) is 61.9 Å². The minimum Gasteiger partial charge on any atom is -0.383 e. The SMILES string of the molecule is COC[C@@H](C)n1c(C)cc(C(=O)CSc2nnc(-c3ccccc3)n2-c2ccccc2)c1C. The molecule has 2 aromatic heterocycles. The average molecular weight is 461 g/mol. The fraction of sp³-hybridized carbons (Fsp3) is 0.269. The zero-order valence-corrected chi connectivity index (χ0v) is 20.2. The summed E-state index contributed by atoms with van der Waals surface area (Å²) in [6.45, 7) is 6.72. The molecule has 2 aromatic carbocycles. The highest BCUT2D eigenvalue weighted by Crippen LogP contribution is 2.29. The van der Waals surface area contributed by atoms with Crippen LogP contribution in [0, 0.1) is 13.8 Å². The lowest BCUT2D eigenvalue weighted by atomic mass is 10.2. The van der Waals surface area contributed by atoms with E-state index in [0.29, 0.717) is 11.8 Å². The molecule has 0 unspecified atom stereocenters. The van der Waals surface area contributed by atoms with Crippen LogP contribution in [-0.4, -0.2) is 44.6 Å². The summed E-state index contributed by atoms with van der Waals surface area (Å²) in [5.41, 5.74) is 4.71. The lowest BCUT2D eigenvalue weighted by Gasteiger charge is -2.17. The van der Waals surface area contributed by atoms with E-state index in [1.807, 2.05) is 85.1 Å². The Kier molecular flexibility index (Phi) is 7.11. The lowest BCUT2D eigenvalue weighted by Crippen LogP contribution is -2.14. The second-order valence-corrected chi connectivity index (χ2v) is 8.96. The first-order chi connectivity index (χ1) is 16.0. The van der Waals surface area contributed by atoms with Crippen LogP contribution in [-0.2, 0) is 4.74 Å². The van der Waals surface area contributed by atoms with Crippen LogP contribution < -0.4 is 0 Å². The van der Waals surface area contributed by atoms with E-state index >= 15 is 0 Å². The van der Waals surface area contributed by atoms with Crippen molar-refractivity contribution in [3.63, 3.8) is 0 Å². The van der Waals surface area contributed by atoms with Crippen LogP contribution in [0.3, 0.4) is 0 Å². The Morgan fingerprint density at radius 2 is 1.70 bits per heavy atom. The van der Waals surface area contributed by atoms with Gasteiger partial charge in [0.05, 0.1) is 18.4 Å². The van der Waals surface area contributed by atoms with E-state index in [2.05, 4.69) is 21.7 Å². The van der Waals surface area contributed by atoms with Crippen LogP contribution in [0.15, 0.2) is 71.9 Å². The van der Waals surface area contributed by atoms with Crippen LogP contribution in [0.4, 0.5) is 0 Å². The number of hydrogen-bond acceptors (Lipinski definition) is 5. The number of thioether (sulfide) groups is 1. The molecular weight excluding hydrogens is 432 g/mol. The third kappa shape index (κ3) is 4.79. The molecule has 7 heteroatoms. The lowest BCUT2D eigenvalue weighted by molar-refractivity contribution is 0.102. The van der Waals surface area contributed by atoms with Crippen molar-refractivity contribution < 1.29 is 9.53 Å². The molecule has 4 aromatic rings. The number of para-hydroxylation sites is 1. The van der Waals surface area contributed by atoms with Gasteiger partial charge in [-0.3, -0.25) is 9.36 Å². The summed E-state index contributed by atoms with van der Waals surface area (Å²) < 4.78 is 9.49. The molecule has 170 valence electrons. The number of carbonyl (C=O) groups excluding carboxylic acids is 1. The molecule has 6 nitrogen and oxygen atoms in total. The Balaban J connectivity index is 1.61. The van der Waals surface area contributed by atoms with Crippen LogP contribution in [0.5, 0.6) is 0 Å². The number of methoxy groups -OCH3 is 1. The number of rotatable bonds is 9. The molecular formula is C26H28N4O2S. The van der Waals surface area contributed by atoms with E-state index in [9.17, 15) is 4.79 Å². The Morgan fingerprint density at radius 3 is 2.36 bits per heavy atom. The average Bonchev–Trinajstić information content (AvgIpc) is 3.39. The third-order valence-corrected chi connectivity index (χ3v) is 6.57. The highest BCUT2D eigenvalue weighted by atomic mass is 32.2. The number of hydrogen-bond donors (Lipinski definition) is 0. The van der Waals surface area contributed by atoms with Crippen LogP contribution >= 0.6 is 11.8 Å². The normalized spacial score (nSPS) is 12.1. The summed E-state index contributed by atoms with van der Waals surface area (Å²) in [4.78, 5) is 13.2. The Bertz CT molecular complexity index is 1230. The molecule has 0 aliphatic rings. The Labute approximate surface area is 198 Å². The van der Waals surface area contributed by atoms with Crippen molar-refractivity contribution in [1.82, 2.24) is 19.3 Å². The molecule has 4 rings (SSSR count). The fourth-order valence-electron chi connectivity index (χ4n) is 4.21. The van der Waals surface area contributed by atoms with E-state index in [1.165, 1.54) is 11.8 Å². The predicted molar refractivity (Wildman–Crippen MR) is 132 cm³/mol. The van der Waals surface area contributed by atoms with Gasteiger partial charge in [0, 0.05) is 35.3 Å². The van der Waals surface area contributed by atoms with Crippen molar-refractivity contribution in [2.24, 2.45) is 0 Å². The molecule has 0 amide bonds. The zero-order valence-electron chi connectivity index (χ0n) is 19.4. The number of nitrogens with zero attached hydrogens (tertiary/aromatic N) is 4. The summed E-state index contributed by atoms with van der Waals surface area (Å²) in [6.07, 6.45) is 0. The number of Topliss-reactive ketones (excluding diaryl/α,β-unsaturated/α-hetero) is 1. The second-order valence-electron chi connectivity index (χ2n) is 8.01. The van der Waals surface area contributed by atoms with E-state index < -0.39 is 0 Å². The molecule has 0 saturated carbocycles. The first kappa shape index (κ1) is 23.0. The standard InChI is InChI=1S/C26H28N4O2S/c1-18-15-23(20(3)29(18)19(2)16-32-4)24(31)17-33-26-28-27-25(21-11-7-5-8-12-21)30(26)22-13-9-6-10-14-22/h5-15,19H,16-17H2,1-4H3/t19-/m1/s1. The zero-order chi connectivity index (χ0) is 23.4. The summed E-state index contributed by atoms with van der Waals surface area (Å²) in [6, 6.07) is 22.1. The highest BCUT2D eigenvalue weighted by molar-refractivity contribution is 7.99. The molecule has 0 aliphatic heterocycles. The quantitative estimate of drug-likeness (QED) is 0.243. The van der Waals surface area contributed by atoms with Gasteiger partial charge in [-0.2, -0.15) is 0 Å². The van der Waals surface area contributed by atoms with Crippen LogP contribution in [0.2, 0.25) is 0 Å². The predicted octanol–water partition coefficient (Wildman–Crippen LogP) is 5.54. The number of ether oxygens (including phenoxy) is 1. The fourth-order valence-corrected chi connectivity index (χ4v) is 5.04. The van der Waals surface area contributed by atoms with Gasteiger partial charge in [0.2, 0.25) is 0 Å². The minimum atomic E-state index is 0.0767. The maximum Gasteiger partial charge on any atom is 0.196 e. The molecule has 0 spiro atoms. The largest absolute Gasteiger partial charge is 0.383 e.